The zero-order valence-corrected chi connectivity index (χ0v) is 12.2. The average molecular weight is 240 g/mol. The average Bonchev–Trinajstić information content (AvgIpc) is 2.12. The quantitative estimate of drug-likeness (QED) is 0.798. The first-order chi connectivity index (χ1) is 7.82. The summed E-state index contributed by atoms with van der Waals surface area (Å²) in [5.41, 5.74) is 0. The van der Waals surface area contributed by atoms with Crippen LogP contribution < -0.4 is 5.32 Å². The van der Waals surface area contributed by atoms with Crippen molar-refractivity contribution in [1.29, 1.82) is 0 Å². The summed E-state index contributed by atoms with van der Waals surface area (Å²) in [5, 5.41) is 3.22. The summed E-state index contributed by atoms with van der Waals surface area (Å²) >= 11 is 0. The van der Waals surface area contributed by atoms with Gasteiger partial charge in [0.25, 0.3) is 0 Å². The van der Waals surface area contributed by atoms with Gasteiger partial charge in [-0.2, -0.15) is 0 Å². The molecule has 0 aromatic carbocycles. The van der Waals surface area contributed by atoms with Gasteiger partial charge in [-0.3, -0.25) is 4.79 Å². The third kappa shape index (κ3) is 3.70. The Balaban J connectivity index is 2.49. The molecule has 1 aliphatic carbocycles. The van der Waals surface area contributed by atoms with Crippen LogP contribution in [0.5, 0.6) is 0 Å². The smallest absolute Gasteiger partial charge is 0.222 e. The molecule has 1 atom stereocenters. The predicted octanol–water partition coefficient (Wildman–Crippen LogP) is 2.12. The van der Waals surface area contributed by atoms with Crippen LogP contribution in [0.15, 0.2) is 0 Å². The van der Waals surface area contributed by atoms with E-state index in [4.69, 9.17) is 0 Å². The lowest BCUT2D eigenvalue weighted by Gasteiger charge is -2.45. The number of hydrogen-bond donors (Lipinski definition) is 1. The third-order valence-electron chi connectivity index (χ3n) is 3.94. The fraction of sp³-hybridized carbons (Fsp3) is 0.929. The number of nitrogens with one attached hydrogen (secondary N) is 1. The lowest BCUT2D eigenvalue weighted by Crippen LogP contribution is -2.53. The Bertz CT molecular complexity index is 255. The zero-order valence-electron chi connectivity index (χ0n) is 12.2. The summed E-state index contributed by atoms with van der Waals surface area (Å²) in [5.74, 6) is 1.45. The summed E-state index contributed by atoms with van der Waals surface area (Å²) in [6.45, 7) is 8.31. The molecule has 1 aliphatic rings. The standard InChI is InChI=1S/C14H28N2O/c1-9(2)13(15-14(17)10(3)4)11-7-12(8-11)16(5)6/h9-13H,7-8H2,1-6H3,(H,15,17)/t11?,12?,13-/m1/s1. The van der Waals surface area contributed by atoms with Gasteiger partial charge in [-0.05, 0) is 38.8 Å². The number of carbonyl (C=O) groups is 1. The second kappa shape index (κ2) is 5.85. The summed E-state index contributed by atoms with van der Waals surface area (Å²) in [6, 6.07) is 1.05. The fourth-order valence-electron chi connectivity index (χ4n) is 2.50. The van der Waals surface area contributed by atoms with E-state index < -0.39 is 0 Å². The van der Waals surface area contributed by atoms with Crippen molar-refractivity contribution in [3.63, 3.8) is 0 Å². The highest BCUT2D eigenvalue weighted by molar-refractivity contribution is 5.78. The van der Waals surface area contributed by atoms with E-state index in [2.05, 4.69) is 38.2 Å². The van der Waals surface area contributed by atoms with Crippen LogP contribution in [0.2, 0.25) is 0 Å². The number of rotatable bonds is 5. The van der Waals surface area contributed by atoms with Crippen LogP contribution in [0.25, 0.3) is 0 Å². The van der Waals surface area contributed by atoms with Gasteiger partial charge >= 0.3 is 0 Å². The van der Waals surface area contributed by atoms with Crippen molar-refractivity contribution in [2.75, 3.05) is 14.1 Å². The highest BCUT2D eigenvalue weighted by Crippen LogP contribution is 2.35. The molecular formula is C14H28N2O. The van der Waals surface area contributed by atoms with Crippen molar-refractivity contribution in [2.45, 2.75) is 52.6 Å². The second-order valence-corrected chi connectivity index (χ2v) is 6.28. The van der Waals surface area contributed by atoms with Crippen LogP contribution in [0.3, 0.4) is 0 Å². The molecule has 0 aliphatic heterocycles. The molecule has 1 amide bonds. The molecule has 0 saturated heterocycles. The van der Waals surface area contributed by atoms with E-state index in [9.17, 15) is 4.79 Å². The molecular weight excluding hydrogens is 212 g/mol. The molecule has 0 aromatic heterocycles. The van der Waals surface area contributed by atoms with Crippen molar-refractivity contribution in [3.8, 4) is 0 Å². The van der Waals surface area contributed by atoms with Crippen LogP contribution in [0, 0.1) is 17.8 Å². The molecule has 3 heteroatoms. The van der Waals surface area contributed by atoms with E-state index >= 15 is 0 Å². The minimum atomic E-state index is 0.0842. The predicted molar refractivity (Wildman–Crippen MR) is 71.8 cm³/mol. The molecule has 0 aromatic rings. The Morgan fingerprint density at radius 3 is 2.06 bits per heavy atom. The van der Waals surface area contributed by atoms with Crippen molar-refractivity contribution in [2.24, 2.45) is 17.8 Å². The molecule has 1 N–H and O–H groups in total. The first kappa shape index (κ1) is 14.5. The second-order valence-electron chi connectivity index (χ2n) is 6.28. The Morgan fingerprint density at radius 1 is 1.18 bits per heavy atom. The van der Waals surface area contributed by atoms with Crippen molar-refractivity contribution in [3.05, 3.63) is 0 Å². The number of nitrogens with zero attached hydrogens (tertiary/aromatic N) is 1. The maximum absolute atomic E-state index is 11.8. The minimum Gasteiger partial charge on any atom is -0.353 e. The van der Waals surface area contributed by atoms with E-state index in [0.717, 1.165) is 0 Å². The third-order valence-corrected chi connectivity index (χ3v) is 3.94. The van der Waals surface area contributed by atoms with Gasteiger partial charge in [0.15, 0.2) is 0 Å². The molecule has 17 heavy (non-hydrogen) atoms. The maximum Gasteiger partial charge on any atom is 0.222 e. The minimum absolute atomic E-state index is 0.0842. The lowest BCUT2D eigenvalue weighted by molar-refractivity contribution is -0.126. The first-order valence-electron chi connectivity index (χ1n) is 6.79. The van der Waals surface area contributed by atoms with Crippen molar-refractivity contribution >= 4 is 5.91 Å². The molecule has 1 saturated carbocycles. The highest BCUT2D eigenvalue weighted by atomic mass is 16.1. The normalized spacial score (nSPS) is 26.2. The largest absolute Gasteiger partial charge is 0.353 e. The molecule has 1 rings (SSSR count). The van der Waals surface area contributed by atoms with Gasteiger partial charge in [0.2, 0.25) is 5.91 Å². The number of carbonyl (C=O) groups excluding carboxylic acids is 1. The number of hydrogen-bond acceptors (Lipinski definition) is 2. The van der Waals surface area contributed by atoms with Crippen molar-refractivity contribution in [1.82, 2.24) is 10.2 Å². The lowest BCUT2D eigenvalue weighted by atomic mass is 9.72. The van der Waals surface area contributed by atoms with E-state index in [-0.39, 0.29) is 11.8 Å². The Hall–Kier alpha value is -0.570. The van der Waals surface area contributed by atoms with E-state index in [1.807, 2.05) is 13.8 Å². The Kier molecular flexibility index (Phi) is 4.99. The maximum atomic E-state index is 11.8. The van der Waals surface area contributed by atoms with E-state index in [1.165, 1.54) is 12.8 Å². The summed E-state index contributed by atoms with van der Waals surface area (Å²) < 4.78 is 0. The molecule has 0 unspecified atom stereocenters. The Labute approximate surface area is 106 Å². The fourth-order valence-corrected chi connectivity index (χ4v) is 2.50. The topological polar surface area (TPSA) is 32.3 Å². The molecule has 3 nitrogen and oxygen atoms in total. The zero-order chi connectivity index (χ0) is 13.2. The molecule has 1 fully saturated rings. The van der Waals surface area contributed by atoms with Gasteiger partial charge in [0, 0.05) is 18.0 Å². The Morgan fingerprint density at radius 2 is 1.71 bits per heavy atom. The van der Waals surface area contributed by atoms with Crippen LogP contribution >= 0.6 is 0 Å². The van der Waals surface area contributed by atoms with Gasteiger partial charge in [-0.1, -0.05) is 27.7 Å². The number of amides is 1. The molecule has 0 bridgehead atoms. The molecule has 0 heterocycles. The monoisotopic (exact) mass is 240 g/mol. The first-order valence-corrected chi connectivity index (χ1v) is 6.79. The van der Waals surface area contributed by atoms with Gasteiger partial charge in [-0.15, -0.1) is 0 Å². The van der Waals surface area contributed by atoms with Gasteiger partial charge in [0.05, 0.1) is 0 Å². The van der Waals surface area contributed by atoms with Crippen LogP contribution in [0.1, 0.15) is 40.5 Å². The molecule has 0 radical (unpaired) electrons. The van der Waals surface area contributed by atoms with E-state index in [0.29, 0.717) is 23.9 Å². The SMILES string of the molecule is CC(C)C(=O)N[C@H](C(C)C)C1CC(N(C)C)C1. The highest BCUT2D eigenvalue weighted by Gasteiger charge is 2.38. The van der Waals surface area contributed by atoms with Gasteiger partial charge in [0.1, 0.15) is 0 Å². The summed E-state index contributed by atoms with van der Waals surface area (Å²) in [4.78, 5) is 14.1. The summed E-state index contributed by atoms with van der Waals surface area (Å²) in [7, 11) is 4.27. The van der Waals surface area contributed by atoms with Crippen molar-refractivity contribution < 1.29 is 4.79 Å². The molecule has 100 valence electrons. The van der Waals surface area contributed by atoms with Gasteiger partial charge in [-0.25, -0.2) is 0 Å². The van der Waals surface area contributed by atoms with E-state index in [1.54, 1.807) is 0 Å². The van der Waals surface area contributed by atoms with Crippen LogP contribution in [-0.2, 0) is 4.79 Å². The molecule has 0 spiro atoms. The van der Waals surface area contributed by atoms with Crippen LogP contribution in [-0.4, -0.2) is 37.0 Å². The summed E-state index contributed by atoms with van der Waals surface area (Å²) in [6.07, 6.45) is 2.43. The van der Waals surface area contributed by atoms with Gasteiger partial charge < -0.3 is 10.2 Å². The van der Waals surface area contributed by atoms with Crippen LogP contribution in [0.4, 0.5) is 0 Å².